The highest BCUT2D eigenvalue weighted by atomic mass is 16.5. The Kier molecular flexibility index (Phi) is 6.55. The number of amides is 1. The Morgan fingerprint density at radius 1 is 1.12 bits per heavy atom. The molecule has 0 aliphatic heterocycles. The SMILES string of the molecule is CCOc1ccccc1OCC(=O)N/N=C(/C)c1ccc(C#N)cc1. The summed E-state index contributed by atoms with van der Waals surface area (Å²) in [4.78, 5) is 11.9. The smallest absolute Gasteiger partial charge is 0.277 e. The fourth-order valence-electron chi connectivity index (χ4n) is 2.02. The van der Waals surface area contributed by atoms with E-state index in [-0.39, 0.29) is 12.5 Å². The Bertz CT molecular complexity index is 792. The molecular weight excluding hydrogens is 318 g/mol. The zero-order valence-electron chi connectivity index (χ0n) is 14.2. The predicted molar refractivity (Wildman–Crippen MR) is 94.6 cm³/mol. The average Bonchev–Trinajstić information content (AvgIpc) is 2.65. The first-order valence-corrected chi connectivity index (χ1v) is 7.82. The molecule has 2 aromatic carbocycles. The van der Waals surface area contributed by atoms with Crippen LogP contribution in [0.3, 0.4) is 0 Å². The van der Waals surface area contributed by atoms with Crippen LogP contribution in [0, 0.1) is 11.3 Å². The second kappa shape index (κ2) is 9.08. The van der Waals surface area contributed by atoms with Gasteiger partial charge in [-0.2, -0.15) is 10.4 Å². The van der Waals surface area contributed by atoms with Crippen LogP contribution in [0.15, 0.2) is 53.6 Å². The van der Waals surface area contributed by atoms with Gasteiger partial charge in [-0.3, -0.25) is 4.79 Å². The molecule has 1 N–H and O–H groups in total. The summed E-state index contributed by atoms with van der Waals surface area (Å²) in [7, 11) is 0. The lowest BCUT2D eigenvalue weighted by molar-refractivity contribution is -0.123. The summed E-state index contributed by atoms with van der Waals surface area (Å²) in [6.07, 6.45) is 0. The van der Waals surface area contributed by atoms with E-state index in [0.29, 0.717) is 29.4 Å². The van der Waals surface area contributed by atoms with Gasteiger partial charge in [0.1, 0.15) is 0 Å². The number of nitrogens with zero attached hydrogens (tertiary/aromatic N) is 2. The molecule has 0 radical (unpaired) electrons. The van der Waals surface area contributed by atoms with Crippen LogP contribution in [0.4, 0.5) is 0 Å². The summed E-state index contributed by atoms with van der Waals surface area (Å²) in [6, 6.07) is 16.2. The normalized spacial score (nSPS) is 10.7. The molecule has 0 aliphatic rings. The number of carbonyl (C=O) groups is 1. The molecule has 6 heteroatoms. The molecule has 2 aromatic rings. The highest BCUT2D eigenvalue weighted by molar-refractivity contribution is 5.99. The maximum absolute atomic E-state index is 11.9. The molecule has 0 atom stereocenters. The van der Waals surface area contributed by atoms with Crippen LogP contribution in [-0.2, 0) is 4.79 Å². The molecule has 0 aliphatic carbocycles. The minimum absolute atomic E-state index is 0.172. The predicted octanol–water partition coefficient (Wildman–Crippen LogP) is 2.88. The van der Waals surface area contributed by atoms with Gasteiger partial charge in [-0.25, -0.2) is 5.43 Å². The van der Waals surface area contributed by atoms with E-state index >= 15 is 0 Å². The van der Waals surface area contributed by atoms with E-state index in [4.69, 9.17) is 14.7 Å². The molecule has 0 fully saturated rings. The molecule has 0 aromatic heterocycles. The maximum atomic E-state index is 11.9. The lowest BCUT2D eigenvalue weighted by Gasteiger charge is -2.10. The third-order valence-corrected chi connectivity index (χ3v) is 3.29. The molecule has 0 bridgehead atoms. The minimum atomic E-state index is -0.376. The molecule has 0 saturated heterocycles. The van der Waals surface area contributed by atoms with Gasteiger partial charge in [-0.15, -0.1) is 0 Å². The van der Waals surface area contributed by atoms with Gasteiger partial charge in [-0.1, -0.05) is 24.3 Å². The van der Waals surface area contributed by atoms with Gasteiger partial charge in [-0.05, 0) is 43.7 Å². The first-order chi connectivity index (χ1) is 12.1. The Morgan fingerprint density at radius 3 is 2.36 bits per heavy atom. The van der Waals surface area contributed by atoms with E-state index < -0.39 is 0 Å². The third-order valence-electron chi connectivity index (χ3n) is 3.29. The Labute approximate surface area is 146 Å². The van der Waals surface area contributed by atoms with Crippen molar-refractivity contribution in [2.45, 2.75) is 13.8 Å². The van der Waals surface area contributed by atoms with E-state index in [9.17, 15) is 4.79 Å². The topological polar surface area (TPSA) is 83.7 Å². The van der Waals surface area contributed by atoms with Crippen molar-refractivity contribution in [3.8, 4) is 17.6 Å². The van der Waals surface area contributed by atoms with Crippen molar-refractivity contribution in [3.05, 3.63) is 59.7 Å². The van der Waals surface area contributed by atoms with Crippen LogP contribution < -0.4 is 14.9 Å². The number of ether oxygens (including phenoxy) is 2. The monoisotopic (exact) mass is 337 g/mol. The number of hydrogen-bond acceptors (Lipinski definition) is 5. The van der Waals surface area contributed by atoms with Crippen molar-refractivity contribution in [3.63, 3.8) is 0 Å². The summed E-state index contributed by atoms with van der Waals surface area (Å²) in [5, 5.41) is 12.8. The van der Waals surface area contributed by atoms with E-state index in [1.807, 2.05) is 19.1 Å². The second-order valence-electron chi connectivity index (χ2n) is 5.09. The molecule has 0 heterocycles. The average molecular weight is 337 g/mol. The fourth-order valence-corrected chi connectivity index (χ4v) is 2.02. The number of hydrazone groups is 1. The highest BCUT2D eigenvalue weighted by Crippen LogP contribution is 2.26. The second-order valence-corrected chi connectivity index (χ2v) is 5.09. The molecule has 2 rings (SSSR count). The van der Waals surface area contributed by atoms with Crippen LogP contribution in [0.25, 0.3) is 0 Å². The Hall–Kier alpha value is -3.33. The molecule has 25 heavy (non-hydrogen) atoms. The summed E-state index contributed by atoms with van der Waals surface area (Å²) in [5.74, 6) is 0.724. The number of benzene rings is 2. The zero-order valence-corrected chi connectivity index (χ0v) is 14.2. The van der Waals surface area contributed by atoms with Gasteiger partial charge in [0.2, 0.25) is 0 Å². The molecule has 128 valence electrons. The lowest BCUT2D eigenvalue weighted by atomic mass is 10.1. The largest absolute Gasteiger partial charge is 0.490 e. The number of rotatable bonds is 7. The number of para-hydroxylation sites is 2. The van der Waals surface area contributed by atoms with E-state index in [0.717, 1.165) is 5.56 Å². The van der Waals surface area contributed by atoms with Crippen molar-refractivity contribution in [1.29, 1.82) is 5.26 Å². The number of nitrogens with one attached hydrogen (secondary N) is 1. The summed E-state index contributed by atoms with van der Waals surface area (Å²) in [6.45, 7) is 3.99. The number of carbonyl (C=O) groups excluding carboxylic acids is 1. The van der Waals surface area contributed by atoms with E-state index in [1.165, 1.54) is 0 Å². The molecule has 0 saturated carbocycles. The Morgan fingerprint density at radius 2 is 1.76 bits per heavy atom. The quantitative estimate of drug-likeness (QED) is 0.622. The lowest BCUT2D eigenvalue weighted by Crippen LogP contribution is -2.25. The van der Waals surface area contributed by atoms with Gasteiger partial charge >= 0.3 is 0 Å². The van der Waals surface area contributed by atoms with E-state index in [1.54, 1.807) is 43.3 Å². The van der Waals surface area contributed by atoms with Gasteiger partial charge in [0, 0.05) is 0 Å². The highest BCUT2D eigenvalue weighted by Gasteiger charge is 2.07. The zero-order chi connectivity index (χ0) is 18.1. The third kappa shape index (κ3) is 5.36. The summed E-state index contributed by atoms with van der Waals surface area (Å²) < 4.78 is 10.9. The van der Waals surface area contributed by atoms with E-state index in [2.05, 4.69) is 16.6 Å². The number of hydrogen-bond donors (Lipinski definition) is 1. The number of nitriles is 1. The minimum Gasteiger partial charge on any atom is -0.490 e. The van der Waals surface area contributed by atoms with Crippen molar-refractivity contribution >= 4 is 11.6 Å². The first kappa shape index (κ1) is 18.0. The van der Waals surface area contributed by atoms with Crippen molar-refractivity contribution in [1.82, 2.24) is 5.43 Å². The molecular formula is C19H19N3O3. The fraction of sp³-hybridized carbons (Fsp3) is 0.211. The van der Waals surface area contributed by atoms with Gasteiger partial charge in [0.15, 0.2) is 18.1 Å². The van der Waals surface area contributed by atoms with Crippen LogP contribution in [0.2, 0.25) is 0 Å². The van der Waals surface area contributed by atoms with Crippen molar-refractivity contribution in [2.75, 3.05) is 13.2 Å². The Balaban J connectivity index is 1.90. The van der Waals surface area contributed by atoms with Gasteiger partial charge in [0.25, 0.3) is 5.91 Å². The van der Waals surface area contributed by atoms with Gasteiger partial charge in [0.05, 0.1) is 24.0 Å². The van der Waals surface area contributed by atoms with Crippen LogP contribution >= 0.6 is 0 Å². The van der Waals surface area contributed by atoms with Crippen molar-refractivity contribution < 1.29 is 14.3 Å². The van der Waals surface area contributed by atoms with Crippen LogP contribution in [0.1, 0.15) is 25.0 Å². The molecule has 6 nitrogen and oxygen atoms in total. The first-order valence-electron chi connectivity index (χ1n) is 7.82. The van der Waals surface area contributed by atoms with Crippen molar-refractivity contribution in [2.24, 2.45) is 5.10 Å². The van der Waals surface area contributed by atoms with Gasteiger partial charge < -0.3 is 9.47 Å². The molecule has 0 spiro atoms. The molecule has 0 unspecified atom stereocenters. The molecule has 1 amide bonds. The maximum Gasteiger partial charge on any atom is 0.277 e. The van der Waals surface area contributed by atoms with Crippen LogP contribution in [-0.4, -0.2) is 24.8 Å². The summed E-state index contributed by atoms with van der Waals surface area (Å²) >= 11 is 0. The summed E-state index contributed by atoms with van der Waals surface area (Å²) in [5.41, 5.74) is 4.47. The standard InChI is InChI=1S/C19H19N3O3/c1-3-24-17-6-4-5-7-18(17)25-13-19(23)22-21-14(2)16-10-8-15(12-20)9-11-16/h4-11H,3,13H2,1-2H3,(H,22,23)/b21-14-. The van der Waals surface area contributed by atoms with Crippen LogP contribution in [0.5, 0.6) is 11.5 Å².